The van der Waals surface area contributed by atoms with Crippen molar-refractivity contribution in [3.8, 4) is 22.3 Å². The van der Waals surface area contributed by atoms with Crippen molar-refractivity contribution in [2.75, 3.05) is 5.73 Å². The molecule has 132 valence electrons. The van der Waals surface area contributed by atoms with Crippen molar-refractivity contribution in [2.45, 2.75) is 7.43 Å². The van der Waals surface area contributed by atoms with Crippen molar-refractivity contribution in [2.24, 2.45) is 0 Å². The Labute approximate surface area is 161 Å². The standard InChI is InChI=1S/C21H14N4S.CH4/c22-21-25-19-4-2-15(12-20(19)26-21)14-1-3-18-17(11-14)16(7-10-24-18)13-5-8-23-9-6-13;/h1-12H,(H2,22,25);1H4. The van der Waals surface area contributed by atoms with Gasteiger partial charge in [0.05, 0.1) is 15.7 Å². The maximum Gasteiger partial charge on any atom is 0.181 e. The Balaban J connectivity index is 0.00000180. The van der Waals surface area contributed by atoms with Crippen LogP contribution in [0.2, 0.25) is 0 Å². The number of benzene rings is 2. The summed E-state index contributed by atoms with van der Waals surface area (Å²) in [5, 5.41) is 1.72. The number of hydrogen-bond acceptors (Lipinski definition) is 5. The predicted octanol–water partition coefficient (Wildman–Crippen LogP) is 5.79. The summed E-state index contributed by atoms with van der Waals surface area (Å²) >= 11 is 1.51. The Bertz CT molecular complexity index is 1250. The van der Waals surface area contributed by atoms with Gasteiger partial charge in [0.15, 0.2) is 5.13 Å². The average Bonchev–Trinajstić information content (AvgIpc) is 3.07. The second-order valence-corrected chi connectivity index (χ2v) is 7.12. The van der Waals surface area contributed by atoms with Crippen LogP contribution < -0.4 is 5.73 Å². The lowest BCUT2D eigenvalue weighted by Gasteiger charge is -2.09. The van der Waals surface area contributed by atoms with E-state index in [1.165, 1.54) is 11.3 Å². The lowest BCUT2D eigenvalue weighted by Crippen LogP contribution is -1.86. The number of nitrogens with two attached hydrogens (primary N) is 1. The van der Waals surface area contributed by atoms with Gasteiger partial charge < -0.3 is 5.73 Å². The largest absolute Gasteiger partial charge is 0.375 e. The van der Waals surface area contributed by atoms with Gasteiger partial charge in [-0.2, -0.15) is 0 Å². The van der Waals surface area contributed by atoms with Crippen LogP contribution in [0.3, 0.4) is 0 Å². The molecule has 5 aromatic rings. The van der Waals surface area contributed by atoms with Crippen LogP contribution in [0, 0.1) is 0 Å². The number of anilines is 1. The highest BCUT2D eigenvalue weighted by molar-refractivity contribution is 7.22. The van der Waals surface area contributed by atoms with Crippen molar-refractivity contribution in [3.63, 3.8) is 0 Å². The first-order valence-corrected chi connectivity index (χ1v) is 9.05. The summed E-state index contributed by atoms with van der Waals surface area (Å²) in [4.78, 5) is 13.0. The van der Waals surface area contributed by atoms with E-state index in [0.29, 0.717) is 5.13 Å². The fourth-order valence-electron chi connectivity index (χ4n) is 3.23. The lowest BCUT2D eigenvalue weighted by atomic mass is 9.98. The van der Waals surface area contributed by atoms with Crippen molar-refractivity contribution in [3.05, 3.63) is 73.2 Å². The third-order valence-corrected chi connectivity index (χ3v) is 5.32. The number of nitrogen functional groups attached to an aromatic ring is 1. The number of hydrogen-bond donors (Lipinski definition) is 1. The molecule has 0 fully saturated rings. The van der Waals surface area contributed by atoms with Gasteiger partial charge in [-0.05, 0) is 64.7 Å². The predicted molar refractivity (Wildman–Crippen MR) is 115 cm³/mol. The number of nitrogens with zero attached hydrogens (tertiary/aromatic N) is 3. The zero-order valence-electron chi connectivity index (χ0n) is 13.8. The highest BCUT2D eigenvalue weighted by atomic mass is 32.1. The van der Waals surface area contributed by atoms with Gasteiger partial charge in [-0.3, -0.25) is 9.97 Å². The van der Waals surface area contributed by atoms with Gasteiger partial charge >= 0.3 is 0 Å². The zero-order valence-corrected chi connectivity index (χ0v) is 14.6. The summed E-state index contributed by atoms with van der Waals surface area (Å²) in [6.07, 6.45) is 5.48. The Morgan fingerprint density at radius 1 is 0.741 bits per heavy atom. The summed E-state index contributed by atoms with van der Waals surface area (Å²) < 4.78 is 1.10. The maximum atomic E-state index is 5.83. The van der Waals surface area contributed by atoms with Crippen LogP contribution in [-0.4, -0.2) is 15.0 Å². The van der Waals surface area contributed by atoms with E-state index in [-0.39, 0.29) is 7.43 Å². The minimum absolute atomic E-state index is 0. The van der Waals surface area contributed by atoms with E-state index >= 15 is 0 Å². The average molecular weight is 370 g/mol. The van der Waals surface area contributed by atoms with E-state index < -0.39 is 0 Å². The minimum atomic E-state index is 0. The first-order valence-electron chi connectivity index (χ1n) is 8.23. The monoisotopic (exact) mass is 370 g/mol. The van der Waals surface area contributed by atoms with E-state index in [9.17, 15) is 0 Å². The molecule has 0 saturated heterocycles. The van der Waals surface area contributed by atoms with Crippen molar-refractivity contribution in [1.82, 2.24) is 15.0 Å². The molecule has 0 saturated carbocycles. The second kappa shape index (κ2) is 6.78. The lowest BCUT2D eigenvalue weighted by molar-refractivity contribution is 1.33. The molecule has 0 unspecified atom stereocenters. The van der Waals surface area contributed by atoms with Crippen LogP contribution in [0.4, 0.5) is 5.13 Å². The van der Waals surface area contributed by atoms with Gasteiger partial charge in [-0.15, -0.1) is 0 Å². The fourth-order valence-corrected chi connectivity index (χ4v) is 4.00. The number of fused-ring (bicyclic) bond motifs is 2. The second-order valence-electron chi connectivity index (χ2n) is 6.06. The number of pyridine rings is 2. The van der Waals surface area contributed by atoms with Gasteiger partial charge in [-0.1, -0.05) is 30.9 Å². The molecule has 2 N–H and O–H groups in total. The van der Waals surface area contributed by atoms with Crippen LogP contribution in [-0.2, 0) is 0 Å². The Morgan fingerprint density at radius 2 is 1.48 bits per heavy atom. The van der Waals surface area contributed by atoms with Crippen LogP contribution in [0.25, 0.3) is 43.4 Å². The molecule has 4 nitrogen and oxygen atoms in total. The summed E-state index contributed by atoms with van der Waals surface area (Å²) in [7, 11) is 0. The van der Waals surface area contributed by atoms with Crippen molar-refractivity contribution in [1.29, 1.82) is 0 Å². The molecule has 3 heterocycles. The molecule has 0 atom stereocenters. The molecule has 5 heteroatoms. The first kappa shape index (κ1) is 17.1. The van der Waals surface area contributed by atoms with Gasteiger partial charge in [0.1, 0.15) is 0 Å². The van der Waals surface area contributed by atoms with Crippen molar-refractivity contribution >= 4 is 37.6 Å². The minimum Gasteiger partial charge on any atom is -0.375 e. The van der Waals surface area contributed by atoms with Gasteiger partial charge in [0, 0.05) is 24.0 Å². The fraction of sp³-hybridized carbons (Fsp3) is 0.0455. The number of rotatable bonds is 2. The molecule has 2 aromatic carbocycles. The van der Waals surface area contributed by atoms with Crippen LogP contribution in [0.15, 0.2) is 73.2 Å². The van der Waals surface area contributed by atoms with Crippen LogP contribution in [0.1, 0.15) is 7.43 Å². The summed E-state index contributed by atoms with van der Waals surface area (Å²) in [5.74, 6) is 0. The third kappa shape index (κ3) is 3.02. The van der Waals surface area contributed by atoms with Crippen LogP contribution >= 0.6 is 11.3 Å². The molecular weight excluding hydrogens is 352 g/mol. The number of thiazole rings is 1. The molecule has 3 aromatic heterocycles. The van der Waals surface area contributed by atoms with Crippen LogP contribution in [0.5, 0.6) is 0 Å². The van der Waals surface area contributed by atoms with Gasteiger partial charge in [0.2, 0.25) is 0 Å². The SMILES string of the molecule is C.Nc1nc2ccc(-c3ccc4nccc(-c5ccncc5)c4c3)cc2s1. The number of aromatic nitrogens is 3. The molecule has 0 spiro atoms. The Kier molecular flexibility index (Phi) is 4.30. The molecule has 0 aliphatic heterocycles. The molecule has 27 heavy (non-hydrogen) atoms. The molecule has 5 rings (SSSR count). The maximum absolute atomic E-state index is 5.83. The summed E-state index contributed by atoms with van der Waals surface area (Å²) in [6.45, 7) is 0. The molecule has 0 aliphatic rings. The topological polar surface area (TPSA) is 64.7 Å². The molecule has 0 aliphatic carbocycles. The van der Waals surface area contributed by atoms with Crippen molar-refractivity contribution < 1.29 is 0 Å². The molecular formula is C22H18N4S. The van der Waals surface area contributed by atoms with E-state index in [1.54, 1.807) is 0 Å². The molecule has 0 amide bonds. The zero-order chi connectivity index (χ0) is 17.5. The van der Waals surface area contributed by atoms with E-state index in [1.807, 2.05) is 36.8 Å². The highest BCUT2D eigenvalue weighted by Gasteiger charge is 2.08. The smallest absolute Gasteiger partial charge is 0.181 e. The van der Waals surface area contributed by atoms with Gasteiger partial charge in [-0.25, -0.2) is 4.98 Å². The first-order chi connectivity index (χ1) is 12.8. The summed E-state index contributed by atoms with van der Waals surface area (Å²) in [6, 6.07) is 18.7. The normalized spacial score (nSPS) is 10.8. The third-order valence-electron chi connectivity index (χ3n) is 4.47. The highest BCUT2D eigenvalue weighted by Crippen LogP contribution is 2.33. The van der Waals surface area contributed by atoms with Gasteiger partial charge in [0.25, 0.3) is 0 Å². The molecule has 0 bridgehead atoms. The van der Waals surface area contributed by atoms with E-state index in [0.717, 1.165) is 43.4 Å². The Hall–Kier alpha value is -3.31. The van der Waals surface area contributed by atoms with E-state index in [4.69, 9.17) is 5.73 Å². The van der Waals surface area contributed by atoms with E-state index in [2.05, 4.69) is 51.4 Å². The Morgan fingerprint density at radius 3 is 2.30 bits per heavy atom. The quantitative estimate of drug-likeness (QED) is 0.427. The molecule has 0 radical (unpaired) electrons. The summed E-state index contributed by atoms with van der Waals surface area (Å²) in [5.41, 5.74) is 12.3.